The minimum atomic E-state index is -0.158. The highest BCUT2D eigenvalue weighted by molar-refractivity contribution is 7.17. The lowest BCUT2D eigenvalue weighted by atomic mass is 9.87. The van der Waals surface area contributed by atoms with Crippen LogP contribution in [0.4, 0.5) is 0 Å². The monoisotopic (exact) mass is 395 g/mol. The van der Waals surface area contributed by atoms with Crippen LogP contribution in [-0.4, -0.2) is 21.5 Å². The Bertz CT molecular complexity index is 1040. The molecule has 28 heavy (non-hydrogen) atoms. The first-order valence-electron chi connectivity index (χ1n) is 9.84. The predicted octanol–water partition coefficient (Wildman–Crippen LogP) is 4.13. The fourth-order valence-electron chi connectivity index (χ4n) is 3.86. The van der Waals surface area contributed by atoms with Crippen molar-refractivity contribution < 1.29 is 4.79 Å². The molecule has 4 rings (SSSR count). The van der Waals surface area contributed by atoms with Crippen molar-refractivity contribution in [3.63, 3.8) is 0 Å². The Morgan fingerprint density at radius 2 is 1.93 bits per heavy atom. The highest BCUT2D eigenvalue weighted by Crippen LogP contribution is 2.30. The van der Waals surface area contributed by atoms with Gasteiger partial charge in [0.25, 0.3) is 5.56 Å². The normalized spacial score (nSPS) is 19.6. The number of benzene rings is 1. The Labute approximate surface area is 168 Å². The third-order valence-electron chi connectivity index (χ3n) is 5.62. The molecule has 2 heterocycles. The first-order chi connectivity index (χ1) is 13.5. The molecule has 0 atom stereocenters. The van der Waals surface area contributed by atoms with Gasteiger partial charge in [-0.3, -0.25) is 14.2 Å². The van der Waals surface area contributed by atoms with Crippen LogP contribution in [-0.2, 0) is 11.3 Å². The maximum Gasteiger partial charge on any atom is 0.263 e. The first kappa shape index (κ1) is 18.9. The lowest BCUT2D eigenvalue weighted by molar-refractivity contribution is -0.122. The van der Waals surface area contributed by atoms with Gasteiger partial charge in [0.05, 0.1) is 11.7 Å². The third-order valence-corrected chi connectivity index (χ3v) is 6.50. The molecule has 3 aromatic rings. The summed E-state index contributed by atoms with van der Waals surface area (Å²) in [5.74, 6) is 0.621. The molecule has 1 N–H and O–H groups in total. The number of fused-ring (bicyclic) bond motifs is 1. The number of thiophene rings is 1. The standard InChI is InChI=1S/C22H25N3O2S/c1-14-3-7-16(8-4-14)18-12-28-21-20(18)22(27)25(13-23-21)11-19(26)24-17-9-5-15(2)6-10-17/h3-4,7-8,12-13,15,17H,5-6,9-11H2,1-2H3,(H,24,26). The SMILES string of the molecule is Cc1ccc(-c2csc3ncn(CC(=O)NC4CCC(C)CC4)c(=O)c23)cc1. The summed E-state index contributed by atoms with van der Waals surface area (Å²) in [5.41, 5.74) is 2.89. The quantitative estimate of drug-likeness (QED) is 0.722. The van der Waals surface area contributed by atoms with E-state index in [1.165, 1.54) is 27.8 Å². The van der Waals surface area contributed by atoms with E-state index in [9.17, 15) is 9.59 Å². The zero-order valence-corrected chi connectivity index (χ0v) is 17.1. The number of aromatic nitrogens is 2. The minimum absolute atomic E-state index is 0.0109. The fourth-order valence-corrected chi connectivity index (χ4v) is 4.76. The largest absolute Gasteiger partial charge is 0.352 e. The van der Waals surface area contributed by atoms with E-state index in [1.807, 2.05) is 36.6 Å². The van der Waals surface area contributed by atoms with Crippen LogP contribution in [0.5, 0.6) is 0 Å². The number of amides is 1. The fraction of sp³-hybridized carbons (Fsp3) is 0.409. The van der Waals surface area contributed by atoms with E-state index in [1.54, 1.807) is 0 Å². The van der Waals surface area contributed by atoms with Crippen LogP contribution in [0, 0.1) is 12.8 Å². The summed E-state index contributed by atoms with van der Waals surface area (Å²) in [5, 5.41) is 5.65. The molecule has 1 aliphatic rings. The molecule has 6 heteroatoms. The molecular formula is C22H25N3O2S. The molecule has 1 fully saturated rings. The topological polar surface area (TPSA) is 64.0 Å². The second-order valence-electron chi connectivity index (χ2n) is 7.90. The number of hydrogen-bond acceptors (Lipinski definition) is 4. The zero-order valence-electron chi connectivity index (χ0n) is 16.3. The van der Waals surface area contributed by atoms with Crippen molar-refractivity contribution in [2.75, 3.05) is 0 Å². The van der Waals surface area contributed by atoms with Crippen LogP contribution >= 0.6 is 11.3 Å². The number of nitrogens with one attached hydrogen (secondary N) is 1. The molecule has 0 bridgehead atoms. The van der Waals surface area contributed by atoms with Crippen LogP contribution < -0.4 is 10.9 Å². The molecule has 0 saturated heterocycles. The van der Waals surface area contributed by atoms with Gasteiger partial charge in [-0.2, -0.15) is 0 Å². The lowest BCUT2D eigenvalue weighted by Gasteiger charge is -2.26. The Hall–Kier alpha value is -2.47. The Kier molecular flexibility index (Phi) is 5.31. The van der Waals surface area contributed by atoms with Gasteiger partial charge in [0.1, 0.15) is 11.4 Å². The van der Waals surface area contributed by atoms with E-state index >= 15 is 0 Å². The second-order valence-corrected chi connectivity index (χ2v) is 8.76. The molecule has 146 valence electrons. The highest BCUT2D eigenvalue weighted by atomic mass is 32.1. The van der Waals surface area contributed by atoms with Gasteiger partial charge in [-0.05, 0) is 44.1 Å². The predicted molar refractivity (Wildman–Crippen MR) is 114 cm³/mol. The van der Waals surface area contributed by atoms with Gasteiger partial charge in [0.2, 0.25) is 5.91 Å². The van der Waals surface area contributed by atoms with Crippen molar-refractivity contribution in [1.82, 2.24) is 14.9 Å². The number of hydrogen-bond donors (Lipinski definition) is 1. The van der Waals surface area contributed by atoms with Crippen molar-refractivity contribution >= 4 is 27.5 Å². The molecule has 0 spiro atoms. The van der Waals surface area contributed by atoms with Gasteiger partial charge in [-0.15, -0.1) is 11.3 Å². The van der Waals surface area contributed by atoms with Crippen molar-refractivity contribution in [3.05, 3.63) is 51.9 Å². The number of aryl methyl sites for hydroxylation is 1. The summed E-state index contributed by atoms with van der Waals surface area (Å²) < 4.78 is 1.42. The molecule has 0 unspecified atom stereocenters. The van der Waals surface area contributed by atoms with Gasteiger partial charge in [-0.25, -0.2) is 4.98 Å². The second kappa shape index (κ2) is 7.87. The molecule has 0 radical (unpaired) electrons. The summed E-state index contributed by atoms with van der Waals surface area (Å²) in [6.07, 6.45) is 5.81. The van der Waals surface area contributed by atoms with Gasteiger partial charge >= 0.3 is 0 Å². The first-order valence-corrected chi connectivity index (χ1v) is 10.7. The Morgan fingerprint density at radius 3 is 2.64 bits per heavy atom. The number of carbonyl (C=O) groups excluding carboxylic acids is 1. The maximum atomic E-state index is 13.1. The van der Waals surface area contributed by atoms with Crippen molar-refractivity contribution in [2.45, 2.75) is 52.1 Å². The summed E-state index contributed by atoms with van der Waals surface area (Å²) in [6.45, 7) is 4.30. The molecule has 0 aliphatic heterocycles. The van der Waals surface area contributed by atoms with Crippen molar-refractivity contribution in [1.29, 1.82) is 0 Å². The van der Waals surface area contributed by atoms with Gasteiger partial charge in [0.15, 0.2) is 0 Å². The molecule has 1 aliphatic carbocycles. The smallest absolute Gasteiger partial charge is 0.263 e. The van der Waals surface area contributed by atoms with Gasteiger partial charge in [0, 0.05) is 17.0 Å². The number of rotatable bonds is 4. The Balaban J connectivity index is 1.57. The number of carbonyl (C=O) groups is 1. The van der Waals surface area contributed by atoms with Crippen LogP contribution in [0.15, 0.2) is 40.8 Å². The van der Waals surface area contributed by atoms with Gasteiger partial charge in [-0.1, -0.05) is 36.8 Å². The summed E-state index contributed by atoms with van der Waals surface area (Å²) >= 11 is 1.46. The van der Waals surface area contributed by atoms with Crippen LogP contribution in [0.3, 0.4) is 0 Å². The Morgan fingerprint density at radius 1 is 1.21 bits per heavy atom. The zero-order chi connectivity index (χ0) is 19.7. The minimum Gasteiger partial charge on any atom is -0.352 e. The summed E-state index contributed by atoms with van der Waals surface area (Å²) in [6, 6.07) is 8.33. The maximum absolute atomic E-state index is 13.1. The van der Waals surface area contributed by atoms with E-state index < -0.39 is 0 Å². The lowest BCUT2D eigenvalue weighted by Crippen LogP contribution is -2.40. The van der Waals surface area contributed by atoms with E-state index in [0.717, 1.165) is 42.7 Å². The molecule has 2 aromatic heterocycles. The van der Waals surface area contributed by atoms with Crippen molar-refractivity contribution in [2.24, 2.45) is 5.92 Å². The van der Waals surface area contributed by atoms with E-state index in [4.69, 9.17) is 0 Å². The van der Waals surface area contributed by atoms with Crippen LogP contribution in [0.25, 0.3) is 21.3 Å². The summed E-state index contributed by atoms with van der Waals surface area (Å²) in [4.78, 5) is 30.7. The molecule has 5 nitrogen and oxygen atoms in total. The van der Waals surface area contributed by atoms with Gasteiger partial charge < -0.3 is 5.32 Å². The van der Waals surface area contributed by atoms with Crippen LogP contribution in [0.2, 0.25) is 0 Å². The highest BCUT2D eigenvalue weighted by Gasteiger charge is 2.20. The van der Waals surface area contributed by atoms with Crippen LogP contribution in [0.1, 0.15) is 38.2 Å². The third kappa shape index (κ3) is 3.87. The van der Waals surface area contributed by atoms with E-state index in [0.29, 0.717) is 10.2 Å². The van der Waals surface area contributed by atoms with Crippen molar-refractivity contribution in [3.8, 4) is 11.1 Å². The van der Waals surface area contributed by atoms with E-state index in [-0.39, 0.29) is 24.1 Å². The molecule has 1 saturated carbocycles. The molecular weight excluding hydrogens is 370 g/mol. The summed E-state index contributed by atoms with van der Waals surface area (Å²) in [7, 11) is 0. The molecule has 1 amide bonds. The molecule has 1 aromatic carbocycles. The number of nitrogens with zero attached hydrogens (tertiary/aromatic N) is 2. The van der Waals surface area contributed by atoms with E-state index in [2.05, 4.69) is 17.2 Å². The average molecular weight is 396 g/mol. The average Bonchev–Trinajstić information content (AvgIpc) is 3.11.